The van der Waals surface area contributed by atoms with E-state index < -0.39 is 0 Å². The monoisotopic (exact) mass is 219 g/mol. The van der Waals surface area contributed by atoms with Crippen LogP contribution in [0.3, 0.4) is 0 Å². The fraction of sp³-hybridized carbons (Fsp3) is 0.455. The second-order valence-electron chi connectivity index (χ2n) is 3.75. The highest BCUT2D eigenvalue weighted by Gasteiger charge is 2.01. The molecule has 16 heavy (non-hydrogen) atoms. The molecule has 0 unspecified atom stereocenters. The molecule has 86 valence electrons. The van der Waals surface area contributed by atoms with Crippen LogP contribution in [-0.2, 0) is 26.7 Å². The van der Waals surface area contributed by atoms with Crippen molar-refractivity contribution in [2.45, 2.75) is 26.6 Å². The highest BCUT2D eigenvalue weighted by Crippen LogP contribution is 2.02. The first-order valence-corrected chi connectivity index (χ1v) is 5.49. The molecule has 0 saturated heterocycles. The number of hydrogen-bond donors (Lipinski definition) is 1. The highest BCUT2D eigenvalue weighted by atomic mass is 15.3. The van der Waals surface area contributed by atoms with Crippen molar-refractivity contribution in [3.8, 4) is 0 Å². The molecule has 5 nitrogen and oxygen atoms in total. The van der Waals surface area contributed by atoms with Crippen molar-refractivity contribution >= 4 is 0 Å². The fourth-order valence-corrected chi connectivity index (χ4v) is 1.69. The smallest absolute Gasteiger partial charge is 0.146 e. The Bertz CT molecular complexity index is 443. The van der Waals surface area contributed by atoms with Gasteiger partial charge in [0.1, 0.15) is 12.2 Å². The summed E-state index contributed by atoms with van der Waals surface area (Å²) in [5.74, 6) is 0.953. The Morgan fingerprint density at radius 1 is 1.38 bits per heavy atom. The molecule has 0 saturated carbocycles. The maximum absolute atomic E-state index is 4.02. The summed E-state index contributed by atoms with van der Waals surface area (Å²) in [5, 5.41) is 11.2. The van der Waals surface area contributed by atoms with E-state index in [9.17, 15) is 0 Å². The summed E-state index contributed by atoms with van der Waals surface area (Å²) in [6.45, 7) is 4.75. The standard InChI is InChI=1S/C11H17N5/c1-3-16-6-4-5-10(16)7-12-8-11-14-13-9-15(11)2/h4-6,9,12H,3,7-8H2,1-2H3. The largest absolute Gasteiger partial charge is 0.351 e. The number of nitrogens with zero attached hydrogens (tertiary/aromatic N) is 4. The van der Waals surface area contributed by atoms with Gasteiger partial charge in [-0.25, -0.2) is 0 Å². The summed E-state index contributed by atoms with van der Waals surface area (Å²) in [4.78, 5) is 0. The van der Waals surface area contributed by atoms with E-state index in [1.165, 1.54) is 5.69 Å². The minimum absolute atomic E-state index is 0.741. The average molecular weight is 219 g/mol. The molecule has 0 radical (unpaired) electrons. The molecule has 0 aromatic carbocycles. The molecule has 0 aliphatic rings. The molecular formula is C11H17N5. The second kappa shape index (κ2) is 4.94. The Kier molecular flexibility index (Phi) is 3.36. The molecule has 0 aliphatic heterocycles. The van der Waals surface area contributed by atoms with Crippen LogP contribution in [0.15, 0.2) is 24.7 Å². The lowest BCUT2D eigenvalue weighted by Gasteiger charge is -2.07. The van der Waals surface area contributed by atoms with E-state index in [0.717, 1.165) is 25.5 Å². The molecule has 0 spiro atoms. The maximum Gasteiger partial charge on any atom is 0.146 e. The number of hydrogen-bond acceptors (Lipinski definition) is 3. The van der Waals surface area contributed by atoms with Crippen LogP contribution in [0.4, 0.5) is 0 Å². The first kappa shape index (κ1) is 10.9. The Morgan fingerprint density at radius 3 is 2.94 bits per heavy atom. The lowest BCUT2D eigenvalue weighted by molar-refractivity contribution is 0.600. The molecular weight excluding hydrogens is 202 g/mol. The highest BCUT2D eigenvalue weighted by molar-refractivity contribution is 5.06. The molecule has 0 amide bonds. The maximum atomic E-state index is 4.02. The quantitative estimate of drug-likeness (QED) is 0.813. The summed E-state index contributed by atoms with van der Waals surface area (Å²) in [5.41, 5.74) is 1.30. The summed E-state index contributed by atoms with van der Waals surface area (Å²) < 4.78 is 4.15. The van der Waals surface area contributed by atoms with Crippen molar-refractivity contribution in [1.82, 2.24) is 24.6 Å². The normalized spacial score (nSPS) is 10.9. The molecule has 0 bridgehead atoms. The lowest BCUT2D eigenvalue weighted by atomic mass is 10.4. The summed E-state index contributed by atoms with van der Waals surface area (Å²) >= 11 is 0. The van der Waals surface area contributed by atoms with Crippen molar-refractivity contribution in [2.24, 2.45) is 7.05 Å². The van der Waals surface area contributed by atoms with Gasteiger partial charge in [-0.1, -0.05) is 0 Å². The minimum Gasteiger partial charge on any atom is -0.351 e. The first-order valence-electron chi connectivity index (χ1n) is 5.49. The molecule has 0 fully saturated rings. The molecule has 2 aromatic heterocycles. The van der Waals surface area contributed by atoms with Gasteiger partial charge in [0.05, 0.1) is 6.54 Å². The van der Waals surface area contributed by atoms with E-state index >= 15 is 0 Å². The van der Waals surface area contributed by atoms with Crippen LogP contribution in [0.25, 0.3) is 0 Å². The SMILES string of the molecule is CCn1cccc1CNCc1nncn1C. The van der Waals surface area contributed by atoms with E-state index in [0.29, 0.717) is 0 Å². The van der Waals surface area contributed by atoms with Gasteiger partial charge in [0.15, 0.2) is 0 Å². The third kappa shape index (κ3) is 2.30. The van der Waals surface area contributed by atoms with Crippen molar-refractivity contribution in [3.63, 3.8) is 0 Å². The molecule has 2 rings (SSSR count). The summed E-state index contributed by atoms with van der Waals surface area (Å²) in [6.07, 6.45) is 3.81. The average Bonchev–Trinajstić information content (AvgIpc) is 2.88. The van der Waals surface area contributed by atoms with Crippen LogP contribution in [0.5, 0.6) is 0 Å². The zero-order valence-corrected chi connectivity index (χ0v) is 9.72. The minimum atomic E-state index is 0.741. The Morgan fingerprint density at radius 2 is 2.25 bits per heavy atom. The third-order valence-corrected chi connectivity index (χ3v) is 2.66. The van der Waals surface area contributed by atoms with Gasteiger partial charge in [-0.3, -0.25) is 0 Å². The zero-order chi connectivity index (χ0) is 11.4. The first-order chi connectivity index (χ1) is 7.81. The van der Waals surface area contributed by atoms with Gasteiger partial charge in [-0.15, -0.1) is 10.2 Å². The van der Waals surface area contributed by atoms with Gasteiger partial charge in [-0.2, -0.15) is 0 Å². The second-order valence-corrected chi connectivity index (χ2v) is 3.75. The van der Waals surface area contributed by atoms with Gasteiger partial charge < -0.3 is 14.5 Å². The topological polar surface area (TPSA) is 47.7 Å². The lowest BCUT2D eigenvalue weighted by Crippen LogP contribution is -2.17. The van der Waals surface area contributed by atoms with E-state index in [4.69, 9.17) is 0 Å². The molecule has 5 heteroatoms. The van der Waals surface area contributed by atoms with Gasteiger partial charge in [0, 0.05) is 32.0 Å². The number of nitrogens with one attached hydrogen (secondary N) is 1. The van der Waals surface area contributed by atoms with Crippen LogP contribution < -0.4 is 5.32 Å². The Hall–Kier alpha value is -1.62. The molecule has 2 heterocycles. The van der Waals surface area contributed by atoms with Crippen LogP contribution >= 0.6 is 0 Å². The van der Waals surface area contributed by atoms with Crippen molar-refractivity contribution in [3.05, 3.63) is 36.2 Å². The van der Waals surface area contributed by atoms with Gasteiger partial charge >= 0.3 is 0 Å². The van der Waals surface area contributed by atoms with Crippen LogP contribution in [0, 0.1) is 0 Å². The van der Waals surface area contributed by atoms with Crippen LogP contribution in [0.1, 0.15) is 18.4 Å². The van der Waals surface area contributed by atoms with Crippen molar-refractivity contribution in [2.75, 3.05) is 0 Å². The van der Waals surface area contributed by atoms with Gasteiger partial charge in [0.25, 0.3) is 0 Å². The van der Waals surface area contributed by atoms with E-state index in [2.05, 4.69) is 45.3 Å². The summed E-state index contributed by atoms with van der Waals surface area (Å²) in [7, 11) is 1.95. The molecule has 0 atom stereocenters. The van der Waals surface area contributed by atoms with Crippen LogP contribution in [-0.4, -0.2) is 19.3 Å². The Balaban J connectivity index is 1.87. The number of aromatic nitrogens is 4. The molecule has 2 aromatic rings. The fourth-order valence-electron chi connectivity index (χ4n) is 1.69. The molecule has 1 N–H and O–H groups in total. The van der Waals surface area contributed by atoms with Crippen LogP contribution in [0.2, 0.25) is 0 Å². The Labute approximate surface area is 95.1 Å². The number of aryl methyl sites for hydroxylation is 2. The van der Waals surface area contributed by atoms with Gasteiger partial charge in [0.2, 0.25) is 0 Å². The van der Waals surface area contributed by atoms with Crippen molar-refractivity contribution in [1.29, 1.82) is 0 Å². The van der Waals surface area contributed by atoms with E-state index in [1.54, 1.807) is 6.33 Å². The van der Waals surface area contributed by atoms with Gasteiger partial charge in [-0.05, 0) is 19.1 Å². The predicted molar refractivity (Wildman–Crippen MR) is 61.7 cm³/mol. The predicted octanol–water partition coefficient (Wildman–Crippen LogP) is 0.926. The summed E-state index contributed by atoms with van der Waals surface area (Å²) in [6, 6.07) is 4.20. The van der Waals surface area contributed by atoms with E-state index in [-0.39, 0.29) is 0 Å². The zero-order valence-electron chi connectivity index (χ0n) is 9.72. The molecule has 0 aliphatic carbocycles. The number of rotatable bonds is 5. The van der Waals surface area contributed by atoms with Crippen molar-refractivity contribution < 1.29 is 0 Å². The van der Waals surface area contributed by atoms with E-state index in [1.807, 2.05) is 11.6 Å². The third-order valence-electron chi connectivity index (χ3n) is 2.66.